The normalized spacial score (nSPS) is 15.2. The molecule has 0 aliphatic heterocycles. The molecule has 0 unspecified atom stereocenters. The van der Waals surface area contributed by atoms with E-state index in [0.717, 1.165) is 30.1 Å². The molecule has 0 radical (unpaired) electrons. The van der Waals surface area contributed by atoms with Crippen LogP contribution in [0.3, 0.4) is 0 Å². The maximum absolute atomic E-state index is 5.99. The first kappa shape index (κ1) is 19.2. The molecule has 7 nitrogen and oxygen atoms in total. The number of aliphatic imine (C=N–C) groups is 1. The summed E-state index contributed by atoms with van der Waals surface area (Å²) in [6.07, 6.45) is 6.90. The summed E-state index contributed by atoms with van der Waals surface area (Å²) in [5.74, 6) is 1.47. The molecule has 2 heterocycles. The highest BCUT2D eigenvalue weighted by Gasteiger charge is 2.17. The van der Waals surface area contributed by atoms with E-state index in [4.69, 9.17) is 4.74 Å². The molecule has 0 amide bonds. The number of hydrogen-bond acceptors (Lipinski definition) is 4. The summed E-state index contributed by atoms with van der Waals surface area (Å²) in [6.45, 7) is 5.46. The first-order chi connectivity index (χ1) is 13.1. The van der Waals surface area contributed by atoms with E-state index in [-0.39, 0.29) is 0 Å². The van der Waals surface area contributed by atoms with Gasteiger partial charge < -0.3 is 15.4 Å². The number of aryl methyl sites for hydroxylation is 2. The van der Waals surface area contributed by atoms with E-state index in [1.54, 1.807) is 13.2 Å². The first-order valence-electron chi connectivity index (χ1n) is 9.62. The van der Waals surface area contributed by atoms with Gasteiger partial charge in [-0.1, -0.05) is 0 Å². The molecule has 1 saturated carbocycles. The molecule has 0 bridgehead atoms. The third-order valence-corrected chi connectivity index (χ3v) is 5.16. The zero-order chi connectivity index (χ0) is 19.2. The Morgan fingerprint density at radius 2 is 2.00 bits per heavy atom. The van der Waals surface area contributed by atoms with Gasteiger partial charge in [0.25, 0.3) is 0 Å². The predicted octanol–water partition coefficient (Wildman–Crippen LogP) is 2.62. The molecule has 2 aromatic heterocycles. The van der Waals surface area contributed by atoms with Gasteiger partial charge in [-0.05, 0) is 51.2 Å². The van der Waals surface area contributed by atoms with Gasteiger partial charge in [-0.3, -0.25) is 9.67 Å². The number of nitrogens with one attached hydrogen (secondary N) is 2. The van der Waals surface area contributed by atoms with Gasteiger partial charge in [-0.25, -0.2) is 4.98 Å². The van der Waals surface area contributed by atoms with Crippen molar-refractivity contribution in [2.75, 3.05) is 7.05 Å². The third-order valence-electron chi connectivity index (χ3n) is 5.16. The van der Waals surface area contributed by atoms with Crippen LogP contribution in [0.5, 0.6) is 5.88 Å². The van der Waals surface area contributed by atoms with Crippen LogP contribution in [0, 0.1) is 13.8 Å². The third kappa shape index (κ3) is 4.99. The Labute approximate surface area is 161 Å². The lowest BCUT2D eigenvalue weighted by Crippen LogP contribution is -2.36. The molecule has 0 saturated heterocycles. The van der Waals surface area contributed by atoms with Crippen LogP contribution in [0.4, 0.5) is 0 Å². The minimum atomic E-state index is 0.320. The minimum absolute atomic E-state index is 0.320. The van der Waals surface area contributed by atoms with Crippen molar-refractivity contribution in [2.45, 2.75) is 58.7 Å². The van der Waals surface area contributed by atoms with E-state index >= 15 is 0 Å². The van der Waals surface area contributed by atoms with Gasteiger partial charge in [-0.15, -0.1) is 0 Å². The Bertz CT molecular complexity index is 792. The smallest absolute Gasteiger partial charge is 0.213 e. The monoisotopic (exact) mass is 370 g/mol. The number of guanidine groups is 1. The molecule has 1 fully saturated rings. The van der Waals surface area contributed by atoms with E-state index in [9.17, 15) is 0 Å². The summed E-state index contributed by atoms with van der Waals surface area (Å²) in [6, 6.07) is 4.01. The average Bonchev–Trinajstić information content (AvgIpc) is 3.25. The second-order valence-electron chi connectivity index (χ2n) is 7.08. The van der Waals surface area contributed by atoms with Gasteiger partial charge in [0.1, 0.15) is 6.10 Å². The van der Waals surface area contributed by atoms with Crippen LogP contribution in [-0.4, -0.2) is 33.9 Å². The lowest BCUT2D eigenvalue weighted by Gasteiger charge is -2.14. The molecule has 0 spiro atoms. The van der Waals surface area contributed by atoms with E-state index < -0.39 is 0 Å². The molecule has 3 rings (SSSR count). The summed E-state index contributed by atoms with van der Waals surface area (Å²) in [7, 11) is 3.74. The Morgan fingerprint density at radius 3 is 2.67 bits per heavy atom. The van der Waals surface area contributed by atoms with Crippen molar-refractivity contribution in [3.63, 3.8) is 0 Å². The molecule has 0 aromatic carbocycles. The molecule has 1 aliphatic rings. The lowest BCUT2D eigenvalue weighted by molar-refractivity contribution is 0.201. The van der Waals surface area contributed by atoms with Crippen LogP contribution < -0.4 is 15.4 Å². The fourth-order valence-electron chi connectivity index (χ4n) is 3.45. The largest absolute Gasteiger partial charge is 0.474 e. The molecular formula is C20H30N6O. The van der Waals surface area contributed by atoms with Crippen molar-refractivity contribution in [3.8, 4) is 5.88 Å². The molecule has 27 heavy (non-hydrogen) atoms. The van der Waals surface area contributed by atoms with Crippen molar-refractivity contribution in [1.82, 2.24) is 25.4 Å². The summed E-state index contributed by atoms with van der Waals surface area (Å²) < 4.78 is 7.90. The highest BCUT2D eigenvalue weighted by Crippen LogP contribution is 2.23. The van der Waals surface area contributed by atoms with Crippen LogP contribution in [0.25, 0.3) is 0 Å². The number of hydrogen-bond donors (Lipinski definition) is 2. The van der Waals surface area contributed by atoms with Crippen molar-refractivity contribution in [1.29, 1.82) is 0 Å². The van der Waals surface area contributed by atoms with Gasteiger partial charge >= 0.3 is 0 Å². The number of ether oxygens (including phenoxy) is 1. The van der Waals surface area contributed by atoms with Gasteiger partial charge in [-0.2, -0.15) is 5.10 Å². The number of rotatable bonds is 6. The Morgan fingerprint density at radius 1 is 1.26 bits per heavy atom. The van der Waals surface area contributed by atoms with Crippen molar-refractivity contribution in [3.05, 3.63) is 40.8 Å². The van der Waals surface area contributed by atoms with Crippen molar-refractivity contribution < 1.29 is 4.74 Å². The lowest BCUT2D eigenvalue weighted by atomic mass is 10.2. The molecule has 2 aromatic rings. The number of aromatic nitrogens is 3. The van der Waals surface area contributed by atoms with E-state index in [2.05, 4.69) is 32.6 Å². The highest BCUT2D eigenvalue weighted by atomic mass is 16.5. The predicted molar refractivity (Wildman–Crippen MR) is 107 cm³/mol. The van der Waals surface area contributed by atoms with E-state index in [1.165, 1.54) is 24.1 Å². The summed E-state index contributed by atoms with van der Waals surface area (Å²) >= 11 is 0. The SMILES string of the molecule is CN=C(NCc1ccnc(OC2CCCC2)c1)NCc1c(C)nn(C)c1C. The maximum atomic E-state index is 5.99. The molecule has 146 valence electrons. The number of nitrogens with zero attached hydrogens (tertiary/aromatic N) is 4. The summed E-state index contributed by atoms with van der Waals surface area (Å²) in [5, 5.41) is 11.2. The van der Waals surface area contributed by atoms with Gasteiger partial charge in [0, 0.05) is 50.7 Å². The average molecular weight is 371 g/mol. The second-order valence-corrected chi connectivity index (χ2v) is 7.08. The topological polar surface area (TPSA) is 76.4 Å². The Kier molecular flexibility index (Phi) is 6.32. The minimum Gasteiger partial charge on any atom is -0.474 e. The zero-order valence-corrected chi connectivity index (χ0v) is 16.7. The maximum Gasteiger partial charge on any atom is 0.213 e. The first-order valence-corrected chi connectivity index (χ1v) is 9.62. The van der Waals surface area contributed by atoms with E-state index in [0.29, 0.717) is 25.1 Å². The van der Waals surface area contributed by atoms with Crippen LogP contribution in [0.1, 0.15) is 48.2 Å². The fraction of sp³-hybridized carbons (Fsp3) is 0.550. The number of pyridine rings is 1. The standard InChI is InChI=1S/C20H30N6O/c1-14-18(15(2)26(4)25-14)13-24-20(21-3)23-12-16-9-10-22-19(11-16)27-17-7-5-6-8-17/h9-11,17H,5-8,12-13H2,1-4H3,(H2,21,23,24). The van der Waals surface area contributed by atoms with Crippen LogP contribution in [0.15, 0.2) is 23.3 Å². The summed E-state index contributed by atoms with van der Waals surface area (Å²) in [4.78, 5) is 8.65. The van der Waals surface area contributed by atoms with E-state index in [1.807, 2.05) is 30.8 Å². The van der Waals surface area contributed by atoms with Crippen LogP contribution in [0.2, 0.25) is 0 Å². The highest BCUT2D eigenvalue weighted by molar-refractivity contribution is 5.79. The van der Waals surface area contributed by atoms with Crippen LogP contribution in [-0.2, 0) is 20.1 Å². The van der Waals surface area contributed by atoms with Crippen LogP contribution >= 0.6 is 0 Å². The molecule has 1 aliphatic carbocycles. The fourth-order valence-corrected chi connectivity index (χ4v) is 3.45. The Hall–Kier alpha value is -2.57. The van der Waals surface area contributed by atoms with Gasteiger partial charge in [0.2, 0.25) is 5.88 Å². The quantitative estimate of drug-likeness (QED) is 0.604. The molecular weight excluding hydrogens is 340 g/mol. The van der Waals surface area contributed by atoms with Gasteiger partial charge in [0.05, 0.1) is 5.69 Å². The second kappa shape index (κ2) is 8.88. The Balaban J connectivity index is 1.53. The molecule has 0 atom stereocenters. The molecule has 2 N–H and O–H groups in total. The molecule has 7 heteroatoms. The van der Waals surface area contributed by atoms with Gasteiger partial charge in [0.15, 0.2) is 5.96 Å². The zero-order valence-electron chi connectivity index (χ0n) is 16.7. The van der Waals surface area contributed by atoms with Crippen molar-refractivity contribution in [2.24, 2.45) is 12.0 Å². The summed E-state index contributed by atoms with van der Waals surface area (Å²) in [5.41, 5.74) is 4.53. The van der Waals surface area contributed by atoms with Crippen molar-refractivity contribution >= 4 is 5.96 Å².